The van der Waals surface area contributed by atoms with Crippen molar-refractivity contribution in [3.63, 3.8) is 0 Å². The second kappa shape index (κ2) is 5.19. The molecule has 5 nitrogen and oxygen atoms in total. The highest BCUT2D eigenvalue weighted by atomic mass is 35.5. The van der Waals surface area contributed by atoms with Crippen LogP contribution >= 0.6 is 11.6 Å². The number of nitrogen functional groups attached to an aromatic ring is 1. The average Bonchev–Trinajstić information content (AvgIpc) is 2.38. The van der Waals surface area contributed by atoms with Crippen LogP contribution < -0.4 is 5.73 Å². The van der Waals surface area contributed by atoms with E-state index in [4.69, 9.17) is 22.1 Å². The van der Waals surface area contributed by atoms with Gasteiger partial charge >= 0.3 is 5.97 Å². The zero-order chi connectivity index (χ0) is 15.0. The molecule has 1 aromatic rings. The van der Waals surface area contributed by atoms with E-state index in [9.17, 15) is 4.79 Å². The maximum atomic E-state index is 11.4. The zero-order valence-corrected chi connectivity index (χ0v) is 12.5. The number of esters is 1. The van der Waals surface area contributed by atoms with E-state index in [0.29, 0.717) is 27.9 Å². The Hall–Kier alpha value is -1.80. The Morgan fingerprint density at radius 3 is 2.81 bits per heavy atom. The lowest BCUT2D eigenvalue weighted by molar-refractivity contribution is -0.159. The summed E-state index contributed by atoms with van der Waals surface area (Å²) in [5.74, 6) is 6.91. The van der Waals surface area contributed by atoms with Gasteiger partial charge in [-0.05, 0) is 37.2 Å². The van der Waals surface area contributed by atoms with Gasteiger partial charge in [0.25, 0.3) is 0 Å². The number of aromatic nitrogens is 2. The first kappa shape index (κ1) is 14.2. The van der Waals surface area contributed by atoms with Crippen molar-refractivity contribution in [2.75, 3.05) is 12.8 Å². The van der Waals surface area contributed by atoms with E-state index >= 15 is 0 Å². The van der Waals surface area contributed by atoms with E-state index in [1.54, 1.807) is 6.07 Å². The van der Waals surface area contributed by atoms with Crippen LogP contribution in [0.4, 0.5) is 5.82 Å². The molecule has 0 aliphatic heterocycles. The Morgan fingerprint density at radius 1 is 1.43 bits per heavy atom. The van der Waals surface area contributed by atoms with Crippen LogP contribution in [0.1, 0.15) is 31.2 Å². The largest absolute Gasteiger partial charge is 0.469 e. The molecule has 0 bridgehead atoms. The number of nitrogens with two attached hydrogens (primary N) is 1. The quantitative estimate of drug-likeness (QED) is 0.634. The number of anilines is 1. The van der Waals surface area contributed by atoms with Crippen LogP contribution in [0.25, 0.3) is 0 Å². The van der Waals surface area contributed by atoms with E-state index < -0.39 is 0 Å². The van der Waals surface area contributed by atoms with Crippen LogP contribution in [-0.4, -0.2) is 23.3 Å². The van der Waals surface area contributed by atoms with Crippen molar-refractivity contribution in [1.82, 2.24) is 10.2 Å². The van der Waals surface area contributed by atoms with E-state index in [0.717, 1.165) is 25.7 Å². The molecule has 0 atom stereocenters. The molecule has 2 N–H and O–H groups in total. The van der Waals surface area contributed by atoms with Crippen molar-refractivity contribution in [3.8, 4) is 11.8 Å². The number of carbonyl (C=O) groups is 1. The number of halogens is 1. The van der Waals surface area contributed by atoms with Gasteiger partial charge < -0.3 is 10.5 Å². The van der Waals surface area contributed by atoms with Crippen molar-refractivity contribution < 1.29 is 9.53 Å². The highest BCUT2D eigenvalue weighted by Gasteiger charge is 2.54. The fraction of sp³-hybridized carbons (Fsp3) is 0.533. The molecule has 0 saturated heterocycles. The Bertz CT molecular complexity index is 636. The van der Waals surface area contributed by atoms with Crippen molar-refractivity contribution in [3.05, 3.63) is 16.8 Å². The third-order valence-corrected chi connectivity index (χ3v) is 4.64. The number of hydrogen-bond donors (Lipinski definition) is 1. The second-order valence-electron chi connectivity index (χ2n) is 5.97. The van der Waals surface area contributed by atoms with Gasteiger partial charge in [-0.2, -0.15) is 0 Å². The predicted octanol–water partition coefficient (Wildman–Crippen LogP) is 2.04. The summed E-state index contributed by atoms with van der Waals surface area (Å²) in [6.45, 7) is 0. The maximum Gasteiger partial charge on any atom is 0.308 e. The predicted molar refractivity (Wildman–Crippen MR) is 78.2 cm³/mol. The van der Waals surface area contributed by atoms with Gasteiger partial charge in [0.2, 0.25) is 0 Å². The van der Waals surface area contributed by atoms with Gasteiger partial charge in [0.05, 0.1) is 18.6 Å². The molecule has 21 heavy (non-hydrogen) atoms. The van der Waals surface area contributed by atoms with E-state index in [1.807, 2.05) is 0 Å². The first-order valence-electron chi connectivity index (χ1n) is 6.89. The minimum absolute atomic E-state index is 0.0829. The van der Waals surface area contributed by atoms with Crippen LogP contribution in [0, 0.1) is 29.1 Å². The van der Waals surface area contributed by atoms with E-state index in [1.165, 1.54) is 7.11 Å². The number of ether oxygens (including phenoxy) is 1. The number of carbonyl (C=O) groups excluding carboxylic acids is 1. The van der Waals surface area contributed by atoms with Crippen molar-refractivity contribution >= 4 is 23.4 Å². The Morgan fingerprint density at radius 2 is 2.14 bits per heavy atom. The van der Waals surface area contributed by atoms with Gasteiger partial charge in [0.15, 0.2) is 11.0 Å². The van der Waals surface area contributed by atoms with Gasteiger partial charge in [-0.15, -0.1) is 10.2 Å². The molecule has 2 saturated carbocycles. The van der Waals surface area contributed by atoms with Crippen molar-refractivity contribution in [2.45, 2.75) is 25.7 Å². The molecule has 2 aliphatic rings. The molecular formula is C15H16ClN3O2. The number of nitrogens with zero attached hydrogens (tertiary/aromatic N) is 2. The molecule has 0 amide bonds. The van der Waals surface area contributed by atoms with Crippen LogP contribution in [0.2, 0.25) is 5.15 Å². The third-order valence-electron chi connectivity index (χ3n) is 4.46. The first-order chi connectivity index (χ1) is 10.0. The van der Waals surface area contributed by atoms with Gasteiger partial charge in [-0.25, -0.2) is 0 Å². The van der Waals surface area contributed by atoms with Crippen LogP contribution in [-0.2, 0) is 9.53 Å². The molecular weight excluding hydrogens is 290 g/mol. The van der Waals surface area contributed by atoms with Gasteiger partial charge in [-0.1, -0.05) is 23.4 Å². The normalized spacial score (nSPS) is 29.8. The second-order valence-corrected chi connectivity index (χ2v) is 6.36. The monoisotopic (exact) mass is 305 g/mol. The highest BCUT2D eigenvalue weighted by Crippen LogP contribution is 2.61. The van der Waals surface area contributed by atoms with Crippen LogP contribution in [0.3, 0.4) is 0 Å². The first-order valence-corrected chi connectivity index (χ1v) is 7.27. The summed E-state index contributed by atoms with van der Waals surface area (Å²) < 4.78 is 4.77. The summed E-state index contributed by atoms with van der Waals surface area (Å²) in [4.78, 5) is 11.4. The lowest BCUT2D eigenvalue weighted by Gasteiger charge is -2.55. The summed E-state index contributed by atoms with van der Waals surface area (Å²) in [6, 6.07) is 1.63. The average molecular weight is 306 g/mol. The molecule has 1 heterocycles. The minimum Gasteiger partial charge on any atom is -0.469 e. The fourth-order valence-corrected chi connectivity index (χ4v) is 3.54. The molecule has 1 aromatic heterocycles. The molecule has 110 valence electrons. The Kier molecular flexibility index (Phi) is 3.50. The third kappa shape index (κ3) is 2.68. The molecule has 3 rings (SSSR count). The Labute approximate surface area is 128 Å². The summed E-state index contributed by atoms with van der Waals surface area (Å²) in [5.41, 5.74) is 6.65. The Balaban J connectivity index is 1.56. The van der Waals surface area contributed by atoms with Crippen LogP contribution in [0.5, 0.6) is 0 Å². The highest BCUT2D eigenvalue weighted by molar-refractivity contribution is 6.29. The topological polar surface area (TPSA) is 78.1 Å². The molecule has 0 radical (unpaired) electrons. The molecule has 6 heteroatoms. The number of rotatable bonds is 1. The van der Waals surface area contributed by atoms with E-state index in [2.05, 4.69) is 22.0 Å². The standard InChI is InChI=1S/C15H16ClN3O2/c1-21-14(20)11-7-15(8-11)5-9(6-15)2-3-10-4-12(16)18-19-13(10)17/h4,9,11H,5-8H2,1H3,(H2,17,19). The maximum absolute atomic E-state index is 11.4. The molecule has 2 fully saturated rings. The van der Waals surface area contributed by atoms with Crippen LogP contribution in [0.15, 0.2) is 6.07 Å². The summed E-state index contributed by atoms with van der Waals surface area (Å²) in [7, 11) is 1.45. The van der Waals surface area contributed by atoms with Gasteiger partial charge in [0, 0.05) is 5.92 Å². The smallest absolute Gasteiger partial charge is 0.308 e. The summed E-state index contributed by atoms with van der Waals surface area (Å²) >= 11 is 5.78. The van der Waals surface area contributed by atoms with Gasteiger partial charge in [-0.3, -0.25) is 4.79 Å². The lowest BCUT2D eigenvalue weighted by Crippen LogP contribution is -2.49. The number of methoxy groups -OCH3 is 1. The summed E-state index contributed by atoms with van der Waals surface area (Å²) in [6.07, 6.45) is 3.95. The molecule has 0 aromatic carbocycles. The zero-order valence-electron chi connectivity index (χ0n) is 11.7. The van der Waals surface area contributed by atoms with Crippen molar-refractivity contribution in [2.24, 2.45) is 17.3 Å². The van der Waals surface area contributed by atoms with Crippen molar-refractivity contribution in [1.29, 1.82) is 0 Å². The molecule has 2 aliphatic carbocycles. The molecule has 1 spiro atoms. The summed E-state index contributed by atoms with van der Waals surface area (Å²) in [5, 5.41) is 7.69. The van der Waals surface area contributed by atoms with Gasteiger partial charge in [0.1, 0.15) is 0 Å². The number of hydrogen-bond acceptors (Lipinski definition) is 5. The molecule has 0 unspecified atom stereocenters. The minimum atomic E-state index is -0.0829. The fourth-order valence-electron chi connectivity index (χ4n) is 3.40. The SMILES string of the molecule is COC(=O)C1CC2(CC(C#Cc3cc(Cl)nnc3N)C2)C1. The lowest BCUT2D eigenvalue weighted by atomic mass is 9.48. The van der Waals surface area contributed by atoms with E-state index in [-0.39, 0.29) is 11.9 Å².